The lowest BCUT2D eigenvalue weighted by Crippen LogP contribution is -2.29. The highest BCUT2D eigenvalue weighted by Gasteiger charge is 2.25. The van der Waals surface area contributed by atoms with E-state index in [9.17, 15) is 0 Å². The Morgan fingerprint density at radius 3 is 2.33 bits per heavy atom. The highest BCUT2D eigenvalue weighted by Crippen LogP contribution is 2.21. The van der Waals surface area contributed by atoms with Crippen LogP contribution in [0.4, 0.5) is 0 Å². The van der Waals surface area contributed by atoms with Crippen molar-refractivity contribution in [3.8, 4) is 0 Å². The van der Waals surface area contributed by atoms with Gasteiger partial charge in [-0.1, -0.05) is 13.8 Å². The van der Waals surface area contributed by atoms with Crippen LogP contribution >= 0.6 is 0 Å². The molecule has 0 bridgehead atoms. The minimum Gasteiger partial charge on any atom is -0.269 e. The molecule has 1 heterocycles. The molecule has 0 aromatic rings. The molecule has 1 rings (SSSR count). The van der Waals surface area contributed by atoms with Crippen molar-refractivity contribution in [3.05, 3.63) is 6.23 Å². The highest BCUT2D eigenvalue weighted by atomic mass is 17.2. The van der Waals surface area contributed by atoms with Crippen LogP contribution in [0.2, 0.25) is 0 Å². The Hall–Kier alpha value is -0.120. The molecule has 1 radical (unpaired) electrons. The third-order valence-electron chi connectivity index (χ3n) is 1.89. The predicted molar refractivity (Wildman–Crippen MR) is 47.1 cm³/mol. The molecule has 0 aromatic carbocycles. The van der Waals surface area contributed by atoms with Crippen molar-refractivity contribution < 1.29 is 9.78 Å². The molecule has 1 fully saturated rings. The van der Waals surface area contributed by atoms with Crippen molar-refractivity contribution in [3.63, 3.8) is 0 Å². The smallest absolute Gasteiger partial charge is 0.205 e. The van der Waals surface area contributed by atoms with Gasteiger partial charge in [0.25, 0.3) is 0 Å². The Bertz CT molecular complexity index is 107. The molecule has 0 unspecified atom stereocenters. The monoisotopic (exact) mass is 172 g/mol. The molecule has 3 heteroatoms. The number of hydrogen-bond donors (Lipinski definition) is 0. The topological polar surface area (TPSA) is 21.7 Å². The molecule has 1 aliphatic heterocycles. The molecule has 0 aliphatic carbocycles. The SMILES string of the molecule is CCCN(CCC)[C]1CCOO1. The zero-order valence-electron chi connectivity index (χ0n) is 8.01. The van der Waals surface area contributed by atoms with Gasteiger partial charge in [0.2, 0.25) is 6.23 Å². The van der Waals surface area contributed by atoms with E-state index in [2.05, 4.69) is 18.7 Å². The van der Waals surface area contributed by atoms with E-state index in [1.807, 2.05) is 0 Å². The second kappa shape index (κ2) is 5.51. The molecule has 12 heavy (non-hydrogen) atoms. The van der Waals surface area contributed by atoms with Crippen molar-refractivity contribution in [2.75, 3.05) is 19.7 Å². The summed E-state index contributed by atoms with van der Waals surface area (Å²) in [4.78, 5) is 12.2. The number of hydrogen-bond acceptors (Lipinski definition) is 3. The highest BCUT2D eigenvalue weighted by molar-refractivity contribution is 4.80. The lowest BCUT2D eigenvalue weighted by molar-refractivity contribution is -0.262. The fraction of sp³-hybridized carbons (Fsp3) is 0.889. The molecule has 0 aromatic heterocycles. The van der Waals surface area contributed by atoms with Gasteiger partial charge in [-0.15, -0.1) is 0 Å². The van der Waals surface area contributed by atoms with Crippen molar-refractivity contribution >= 4 is 0 Å². The first kappa shape index (κ1) is 9.96. The Morgan fingerprint density at radius 1 is 1.25 bits per heavy atom. The Morgan fingerprint density at radius 2 is 1.92 bits per heavy atom. The fourth-order valence-electron chi connectivity index (χ4n) is 1.39. The van der Waals surface area contributed by atoms with Crippen molar-refractivity contribution in [2.45, 2.75) is 33.1 Å². The van der Waals surface area contributed by atoms with Crippen LogP contribution in [0.15, 0.2) is 0 Å². The van der Waals surface area contributed by atoms with Gasteiger partial charge >= 0.3 is 0 Å². The van der Waals surface area contributed by atoms with E-state index in [1.165, 1.54) is 0 Å². The van der Waals surface area contributed by atoms with E-state index in [0.29, 0.717) is 6.61 Å². The summed E-state index contributed by atoms with van der Waals surface area (Å²) in [6, 6.07) is 0. The lowest BCUT2D eigenvalue weighted by atomic mass is 10.3. The molecule has 3 nitrogen and oxygen atoms in total. The number of nitrogens with zero attached hydrogens (tertiary/aromatic N) is 1. The average molecular weight is 172 g/mol. The van der Waals surface area contributed by atoms with Gasteiger partial charge in [-0.25, -0.2) is 9.78 Å². The summed E-state index contributed by atoms with van der Waals surface area (Å²) in [5.74, 6) is 0. The van der Waals surface area contributed by atoms with Crippen LogP contribution in [0.3, 0.4) is 0 Å². The first-order valence-electron chi connectivity index (χ1n) is 4.78. The van der Waals surface area contributed by atoms with Gasteiger partial charge in [0.05, 0.1) is 6.61 Å². The van der Waals surface area contributed by atoms with E-state index in [-0.39, 0.29) is 0 Å². The van der Waals surface area contributed by atoms with E-state index >= 15 is 0 Å². The molecule has 71 valence electrons. The van der Waals surface area contributed by atoms with Crippen molar-refractivity contribution in [1.82, 2.24) is 4.90 Å². The number of rotatable bonds is 5. The maximum absolute atomic E-state index is 5.06. The van der Waals surface area contributed by atoms with Gasteiger partial charge in [0, 0.05) is 19.5 Å². The molecular weight excluding hydrogens is 154 g/mol. The summed E-state index contributed by atoms with van der Waals surface area (Å²) in [5.41, 5.74) is 0. The minimum atomic E-state index is 0.708. The second-order valence-electron chi connectivity index (χ2n) is 3.04. The average Bonchev–Trinajstić information content (AvgIpc) is 2.56. The standard InChI is InChI=1S/C9H18NO2/c1-3-6-10(7-4-2)9-5-8-11-12-9/h3-8H2,1-2H3. The van der Waals surface area contributed by atoms with Gasteiger partial charge in [-0.3, -0.25) is 4.90 Å². The van der Waals surface area contributed by atoms with Gasteiger partial charge in [-0.05, 0) is 12.8 Å². The first-order valence-corrected chi connectivity index (χ1v) is 4.78. The third kappa shape index (κ3) is 2.73. The van der Waals surface area contributed by atoms with E-state index in [0.717, 1.165) is 38.6 Å². The molecule has 0 amide bonds. The Balaban J connectivity index is 2.29. The van der Waals surface area contributed by atoms with Crippen LogP contribution in [0, 0.1) is 6.23 Å². The van der Waals surface area contributed by atoms with Crippen LogP contribution in [0.5, 0.6) is 0 Å². The lowest BCUT2D eigenvalue weighted by Gasteiger charge is -2.23. The third-order valence-corrected chi connectivity index (χ3v) is 1.89. The zero-order chi connectivity index (χ0) is 8.81. The Labute approximate surface area is 74.6 Å². The van der Waals surface area contributed by atoms with Gasteiger partial charge < -0.3 is 0 Å². The summed E-state index contributed by atoms with van der Waals surface area (Å²) in [6.45, 7) is 7.22. The Kier molecular flexibility index (Phi) is 4.58. The fourth-order valence-corrected chi connectivity index (χ4v) is 1.39. The predicted octanol–water partition coefficient (Wildman–Crippen LogP) is 1.95. The molecular formula is C9H18NO2. The van der Waals surface area contributed by atoms with Gasteiger partial charge in [0.1, 0.15) is 0 Å². The first-order chi connectivity index (χ1) is 5.88. The molecule has 0 spiro atoms. The summed E-state index contributed by atoms with van der Waals surface area (Å²) >= 11 is 0. The second-order valence-corrected chi connectivity index (χ2v) is 3.04. The maximum atomic E-state index is 5.06. The summed E-state index contributed by atoms with van der Waals surface area (Å²) in [7, 11) is 0. The summed E-state index contributed by atoms with van der Waals surface area (Å²) < 4.78 is 0. The van der Waals surface area contributed by atoms with E-state index < -0.39 is 0 Å². The van der Waals surface area contributed by atoms with Crippen LogP contribution < -0.4 is 0 Å². The van der Waals surface area contributed by atoms with Gasteiger partial charge in [0.15, 0.2) is 0 Å². The van der Waals surface area contributed by atoms with Crippen LogP contribution in [0.25, 0.3) is 0 Å². The van der Waals surface area contributed by atoms with E-state index in [4.69, 9.17) is 9.78 Å². The van der Waals surface area contributed by atoms with Crippen LogP contribution in [-0.2, 0) is 9.78 Å². The van der Waals surface area contributed by atoms with Crippen molar-refractivity contribution in [2.24, 2.45) is 0 Å². The van der Waals surface area contributed by atoms with E-state index in [1.54, 1.807) is 0 Å². The molecule has 1 saturated heterocycles. The van der Waals surface area contributed by atoms with Crippen LogP contribution in [0.1, 0.15) is 33.1 Å². The molecule has 0 saturated carbocycles. The summed E-state index contributed by atoms with van der Waals surface area (Å²) in [6.07, 6.45) is 4.26. The van der Waals surface area contributed by atoms with Crippen molar-refractivity contribution in [1.29, 1.82) is 0 Å². The minimum absolute atomic E-state index is 0.708. The molecule has 0 atom stereocenters. The quantitative estimate of drug-likeness (QED) is 0.592. The molecule has 0 N–H and O–H groups in total. The molecule has 1 aliphatic rings. The van der Waals surface area contributed by atoms with Crippen LogP contribution in [-0.4, -0.2) is 24.6 Å². The zero-order valence-corrected chi connectivity index (χ0v) is 8.01. The largest absolute Gasteiger partial charge is 0.269 e. The van der Waals surface area contributed by atoms with Gasteiger partial charge in [-0.2, -0.15) is 0 Å². The summed E-state index contributed by atoms with van der Waals surface area (Å²) in [5, 5.41) is 0. The normalized spacial score (nSPS) is 19.2. The maximum Gasteiger partial charge on any atom is 0.205 e.